The van der Waals surface area contributed by atoms with E-state index in [1.807, 2.05) is 50.2 Å². The van der Waals surface area contributed by atoms with Crippen LogP contribution < -0.4 is 15.0 Å². The molecule has 0 bridgehead atoms. The fourth-order valence-electron chi connectivity index (χ4n) is 3.65. The quantitative estimate of drug-likeness (QED) is 0.740. The van der Waals surface area contributed by atoms with Gasteiger partial charge in [0.15, 0.2) is 0 Å². The number of nitrogens with one attached hydrogen (secondary N) is 1. The van der Waals surface area contributed by atoms with Gasteiger partial charge in [-0.05, 0) is 43.2 Å². The number of likely N-dealkylation sites (N-methyl/N-ethyl adjacent to an activating group) is 1. The molecule has 0 atom stereocenters. The highest BCUT2D eigenvalue weighted by Gasteiger charge is 2.22. The second-order valence-corrected chi connectivity index (χ2v) is 8.08. The van der Waals surface area contributed by atoms with E-state index >= 15 is 0 Å². The number of carbonyl (C=O) groups excluding carboxylic acids is 2. The number of amides is 2. The van der Waals surface area contributed by atoms with Crippen LogP contribution >= 0.6 is 0 Å². The second-order valence-electron chi connectivity index (χ2n) is 8.08. The number of aryl methyl sites for hydroxylation is 2. The Balaban J connectivity index is 1.45. The van der Waals surface area contributed by atoms with E-state index in [9.17, 15) is 9.59 Å². The molecule has 1 N–H and O–H groups in total. The van der Waals surface area contributed by atoms with Crippen molar-refractivity contribution < 1.29 is 14.3 Å². The summed E-state index contributed by atoms with van der Waals surface area (Å²) in [5.74, 6) is 0.606. The Morgan fingerprint density at radius 2 is 1.81 bits per heavy atom. The molecular formula is C24H32N4O3. The Morgan fingerprint density at radius 3 is 2.52 bits per heavy atom. The lowest BCUT2D eigenvalue weighted by Gasteiger charge is -2.36. The van der Waals surface area contributed by atoms with Crippen molar-refractivity contribution in [3.8, 4) is 5.75 Å². The molecule has 2 aromatic carbocycles. The maximum Gasteiger partial charge on any atom is 0.243 e. The molecule has 7 nitrogen and oxygen atoms in total. The molecule has 0 saturated carbocycles. The van der Waals surface area contributed by atoms with E-state index < -0.39 is 0 Å². The third-order valence-electron chi connectivity index (χ3n) is 5.62. The molecule has 2 amide bonds. The minimum absolute atomic E-state index is 0.0377. The van der Waals surface area contributed by atoms with Crippen molar-refractivity contribution in [2.45, 2.75) is 13.8 Å². The van der Waals surface area contributed by atoms with Gasteiger partial charge in [0, 0.05) is 50.7 Å². The van der Waals surface area contributed by atoms with Gasteiger partial charge < -0.3 is 19.9 Å². The summed E-state index contributed by atoms with van der Waals surface area (Å²) in [7, 11) is 3.35. The first kappa shape index (κ1) is 22.6. The molecule has 1 heterocycles. The zero-order valence-corrected chi connectivity index (χ0v) is 18.9. The number of methoxy groups -OCH3 is 1. The molecule has 1 aliphatic heterocycles. The van der Waals surface area contributed by atoms with E-state index in [0.29, 0.717) is 6.54 Å². The monoisotopic (exact) mass is 424 g/mol. The van der Waals surface area contributed by atoms with Gasteiger partial charge in [-0.2, -0.15) is 0 Å². The predicted octanol–water partition coefficient (Wildman–Crippen LogP) is 2.53. The number of anilines is 2. The van der Waals surface area contributed by atoms with Gasteiger partial charge in [0.05, 0.1) is 20.2 Å². The normalized spacial score (nSPS) is 14.3. The summed E-state index contributed by atoms with van der Waals surface area (Å²) in [6.07, 6.45) is 0. The smallest absolute Gasteiger partial charge is 0.243 e. The molecule has 0 aliphatic carbocycles. The van der Waals surface area contributed by atoms with E-state index in [-0.39, 0.29) is 18.4 Å². The molecule has 166 valence electrons. The number of benzene rings is 2. The zero-order valence-electron chi connectivity index (χ0n) is 18.9. The van der Waals surface area contributed by atoms with E-state index in [0.717, 1.165) is 54.4 Å². The van der Waals surface area contributed by atoms with Crippen molar-refractivity contribution in [3.63, 3.8) is 0 Å². The van der Waals surface area contributed by atoms with Gasteiger partial charge in [0.2, 0.25) is 11.8 Å². The summed E-state index contributed by atoms with van der Waals surface area (Å²) >= 11 is 0. The van der Waals surface area contributed by atoms with Crippen LogP contribution in [0.2, 0.25) is 0 Å². The number of ether oxygens (including phenoxy) is 1. The van der Waals surface area contributed by atoms with Crippen LogP contribution in [0.4, 0.5) is 11.4 Å². The fourth-order valence-corrected chi connectivity index (χ4v) is 3.65. The Hall–Kier alpha value is -3.06. The minimum Gasteiger partial charge on any atom is -0.497 e. The maximum absolute atomic E-state index is 12.6. The molecule has 2 aromatic rings. The zero-order chi connectivity index (χ0) is 22.4. The Bertz CT molecular complexity index is 923. The first-order valence-electron chi connectivity index (χ1n) is 10.6. The van der Waals surface area contributed by atoms with E-state index in [4.69, 9.17) is 4.74 Å². The van der Waals surface area contributed by atoms with Gasteiger partial charge in [0.1, 0.15) is 5.75 Å². The number of carbonyl (C=O) groups is 2. The van der Waals surface area contributed by atoms with Crippen molar-refractivity contribution in [1.29, 1.82) is 0 Å². The largest absolute Gasteiger partial charge is 0.497 e. The standard InChI is InChI=1S/C24H32N4O3/c1-18-8-9-19(2)22(14-18)25-23(29)16-26(3)24(30)17-27-10-12-28(13-11-27)20-6-5-7-21(15-20)31-4/h5-9,14-15H,10-13,16-17H2,1-4H3,(H,25,29). The highest BCUT2D eigenvalue weighted by Crippen LogP contribution is 2.22. The molecule has 0 unspecified atom stereocenters. The number of hydrogen-bond acceptors (Lipinski definition) is 5. The fraction of sp³-hybridized carbons (Fsp3) is 0.417. The Morgan fingerprint density at radius 1 is 1.06 bits per heavy atom. The van der Waals surface area contributed by atoms with E-state index in [1.54, 1.807) is 14.2 Å². The SMILES string of the molecule is COc1cccc(N2CCN(CC(=O)N(C)CC(=O)Nc3cc(C)ccc3C)CC2)c1. The van der Waals surface area contributed by atoms with Crippen molar-refractivity contribution in [3.05, 3.63) is 53.6 Å². The number of rotatable bonds is 7. The number of hydrogen-bond donors (Lipinski definition) is 1. The van der Waals surface area contributed by atoms with Gasteiger partial charge in [-0.25, -0.2) is 0 Å². The summed E-state index contributed by atoms with van der Waals surface area (Å²) in [6, 6.07) is 14.0. The average Bonchev–Trinajstić information content (AvgIpc) is 2.76. The second kappa shape index (κ2) is 10.3. The highest BCUT2D eigenvalue weighted by atomic mass is 16.5. The lowest BCUT2D eigenvalue weighted by molar-refractivity contribution is -0.134. The van der Waals surface area contributed by atoms with Gasteiger partial charge in [-0.3, -0.25) is 14.5 Å². The Labute approximate surface area is 184 Å². The summed E-state index contributed by atoms with van der Waals surface area (Å²) < 4.78 is 5.31. The summed E-state index contributed by atoms with van der Waals surface area (Å²) in [5, 5.41) is 2.91. The first-order chi connectivity index (χ1) is 14.9. The molecule has 0 spiro atoms. The summed E-state index contributed by atoms with van der Waals surface area (Å²) in [4.78, 5) is 31.0. The number of piperazine rings is 1. The van der Waals surface area contributed by atoms with Crippen molar-refractivity contribution in [2.75, 3.05) is 63.6 Å². The van der Waals surface area contributed by atoms with E-state index in [1.165, 1.54) is 4.90 Å². The van der Waals surface area contributed by atoms with Crippen LogP contribution in [0.25, 0.3) is 0 Å². The summed E-state index contributed by atoms with van der Waals surface area (Å²) in [6.45, 7) is 7.58. The van der Waals surface area contributed by atoms with Crippen LogP contribution in [0, 0.1) is 13.8 Å². The third kappa shape index (κ3) is 6.21. The molecule has 3 rings (SSSR count). The molecule has 0 radical (unpaired) electrons. The summed E-state index contributed by atoms with van der Waals surface area (Å²) in [5.41, 5.74) is 4.00. The predicted molar refractivity (Wildman–Crippen MR) is 124 cm³/mol. The van der Waals surface area contributed by atoms with Gasteiger partial charge in [-0.15, -0.1) is 0 Å². The van der Waals surface area contributed by atoms with Crippen molar-refractivity contribution in [1.82, 2.24) is 9.80 Å². The Kier molecular flexibility index (Phi) is 7.52. The first-order valence-corrected chi connectivity index (χ1v) is 10.6. The molecule has 0 aromatic heterocycles. The molecule has 1 saturated heterocycles. The minimum atomic E-state index is -0.188. The van der Waals surface area contributed by atoms with Crippen LogP contribution in [-0.4, -0.2) is 75.0 Å². The van der Waals surface area contributed by atoms with Gasteiger partial charge >= 0.3 is 0 Å². The van der Waals surface area contributed by atoms with Crippen LogP contribution in [0.15, 0.2) is 42.5 Å². The lowest BCUT2D eigenvalue weighted by Crippen LogP contribution is -2.50. The van der Waals surface area contributed by atoms with Crippen molar-refractivity contribution in [2.24, 2.45) is 0 Å². The van der Waals surface area contributed by atoms with Crippen LogP contribution in [-0.2, 0) is 9.59 Å². The molecular weight excluding hydrogens is 392 g/mol. The lowest BCUT2D eigenvalue weighted by atomic mass is 10.1. The third-order valence-corrected chi connectivity index (χ3v) is 5.62. The molecule has 1 aliphatic rings. The van der Waals surface area contributed by atoms with Crippen LogP contribution in [0.5, 0.6) is 5.75 Å². The highest BCUT2D eigenvalue weighted by molar-refractivity contribution is 5.95. The average molecular weight is 425 g/mol. The van der Waals surface area contributed by atoms with Crippen molar-refractivity contribution >= 4 is 23.2 Å². The molecule has 7 heteroatoms. The van der Waals surface area contributed by atoms with Crippen LogP contribution in [0.3, 0.4) is 0 Å². The van der Waals surface area contributed by atoms with Gasteiger partial charge in [-0.1, -0.05) is 18.2 Å². The van der Waals surface area contributed by atoms with Crippen LogP contribution in [0.1, 0.15) is 11.1 Å². The molecule has 1 fully saturated rings. The van der Waals surface area contributed by atoms with E-state index in [2.05, 4.69) is 21.2 Å². The topological polar surface area (TPSA) is 65.1 Å². The number of nitrogens with zero attached hydrogens (tertiary/aromatic N) is 3. The molecule has 31 heavy (non-hydrogen) atoms. The van der Waals surface area contributed by atoms with Gasteiger partial charge in [0.25, 0.3) is 0 Å². The maximum atomic E-state index is 12.6.